The lowest BCUT2D eigenvalue weighted by atomic mass is 10.1. The molecule has 0 saturated heterocycles. The molecule has 1 aliphatic rings. The van der Waals surface area contributed by atoms with E-state index in [9.17, 15) is 9.59 Å². The summed E-state index contributed by atoms with van der Waals surface area (Å²) in [5.41, 5.74) is 2.41. The number of carbonyl (C=O) groups excluding carboxylic acids is 2. The van der Waals surface area contributed by atoms with Crippen molar-refractivity contribution >= 4 is 40.8 Å². The van der Waals surface area contributed by atoms with E-state index in [1.54, 1.807) is 36.4 Å². The van der Waals surface area contributed by atoms with Gasteiger partial charge in [-0.1, -0.05) is 54.0 Å². The Morgan fingerprint density at radius 3 is 2.50 bits per heavy atom. The highest BCUT2D eigenvalue weighted by atomic mass is 35.5. The van der Waals surface area contributed by atoms with Gasteiger partial charge in [0, 0.05) is 32.4 Å². The van der Waals surface area contributed by atoms with Crippen molar-refractivity contribution in [1.82, 2.24) is 4.90 Å². The summed E-state index contributed by atoms with van der Waals surface area (Å²) < 4.78 is 5.20. The molecule has 0 spiro atoms. The van der Waals surface area contributed by atoms with Crippen LogP contribution < -0.4 is 0 Å². The van der Waals surface area contributed by atoms with Crippen LogP contribution >= 0.6 is 23.2 Å². The molecule has 0 fully saturated rings. The van der Waals surface area contributed by atoms with Crippen LogP contribution in [-0.2, 0) is 16.1 Å². The summed E-state index contributed by atoms with van der Waals surface area (Å²) in [4.78, 5) is 25.7. The van der Waals surface area contributed by atoms with Crippen molar-refractivity contribution < 1.29 is 14.3 Å². The number of halogens is 2. The van der Waals surface area contributed by atoms with E-state index in [2.05, 4.69) is 6.58 Å². The molecule has 1 aliphatic heterocycles. The lowest BCUT2D eigenvalue weighted by molar-refractivity contribution is -0.145. The summed E-state index contributed by atoms with van der Waals surface area (Å²) in [6.45, 7) is 3.70. The SMILES string of the molecule is C=C1c2ccccc2C(=O)N1CC(=O)OCc1ccc(Cl)cc1Cl. The van der Waals surface area contributed by atoms with Crippen LogP contribution in [0.2, 0.25) is 10.0 Å². The number of ether oxygens (including phenoxy) is 1. The molecule has 1 amide bonds. The van der Waals surface area contributed by atoms with Crippen LogP contribution in [-0.4, -0.2) is 23.3 Å². The second-order valence-corrected chi connectivity index (χ2v) is 6.12. The summed E-state index contributed by atoms with van der Waals surface area (Å²) in [6, 6.07) is 12.0. The third kappa shape index (κ3) is 3.16. The Labute approximate surface area is 149 Å². The van der Waals surface area contributed by atoms with Crippen LogP contribution in [0.1, 0.15) is 21.5 Å². The van der Waals surface area contributed by atoms with E-state index >= 15 is 0 Å². The summed E-state index contributed by atoms with van der Waals surface area (Å²) in [5.74, 6) is -0.791. The number of hydrogen-bond acceptors (Lipinski definition) is 3. The van der Waals surface area contributed by atoms with E-state index in [0.29, 0.717) is 26.9 Å². The third-order valence-electron chi connectivity index (χ3n) is 3.73. The average molecular weight is 362 g/mol. The van der Waals surface area contributed by atoms with Gasteiger partial charge < -0.3 is 4.74 Å². The fraction of sp³-hybridized carbons (Fsp3) is 0.111. The molecule has 0 unspecified atom stereocenters. The Bertz CT molecular complexity index is 813. The van der Waals surface area contributed by atoms with Gasteiger partial charge in [0.1, 0.15) is 13.2 Å². The maximum absolute atomic E-state index is 12.3. The quantitative estimate of drug-likeness (QED) is 0.768. The fourth-order valence-corrected chi connectivity index (χ4v) is 2.94. The van der Waals surface area contributed by atoms with Gasteiger partial charge in [0.15, 0.2) is 0 Å². The number of esters is 1. The van der Waals surface area contributed by atoms with E-state index in [4.69, 9.17) is 27.9 Å². The van der Waals surface area contributed by atoms with E-state index < -0.39 is 5.97 Å². The normalized spacial score (nSPS) is 13.2. The van der Waals surface area contributed by atoms with Crippen LogP contribution in [0.3, 0.4) is 0 Å². The van der Waals surface area contributed by atoms with Crippen molar-refractivity contribution in [2.45, 2.75) is 6.61 Å². The minimum absolute atomic E-state index is 0.0102. The summed E-state index contributed by atoms with van der Waals surface area (Å²) in [6.07, 6.45) is 0. The van der Waals surface area contributed by atoms with Gasteiger partial charge in [-0.25, -0.2) is 0 Å². The van der Waals surface area contributed by atoms with Crippen LogP contribution in [0.4, 0.5) is 0 Å². The number of nitrogens with zero attached hydrogens (tertiary/aromatic N) is 1. The summed E-state index contributed by atoms with van der Waals surface area (Å²) >= 11 is 11.9. The van der Waals surface area contributed by atoms with Gasteiger partial charge in [-0.15, -0.1) is 0 Å². The van der Waals surface area contributed by atoms with E-state index in [1.165, 1.54) is 4.90 Å². The zero-order valence-electron chi connectivity index (χ0n) is 12.6. The monoisotopic (exact) mass is 361 g/mol. The van der Waals surface area contributed by atoms with Crippen molar-refractivity contribution in [3.63, 3.8) is 0 Å². The smallest absolute Gasteiger partial charge is 0.326 e. The van der Waals surface area contributed by atoms with E-state index in [-0.39, 0.29) is 19.1 Å². The van der Waals surface area contributed by atoms with Gasteiger partial charge in [0.05, 0.1) is 0 Å². The van der Waals surface area contributed by atoms with E-state index in [0.717, 1.165) is 5.56 Å². The molecule has 2 aromatic carbocycles. The molecule has 0 saturated carbocycles. The molecular formula is C18H13Cl2NO3. The van der Waals surface area contributed by atoms with Crippen LogP contribution in [0.5, 0.6) is 0 Å². The van der Waals surface area contributed by atoms with E-state index in [1.807, 2.05) is 6.07 Å². The Morgan fingerprint density at radius 1 is 1.12 bits per heavy atom. The van der Waals surface area contributed by atoms with Gasteiger partial charge in [-0.2, -0.15) is 0 Å². The van der Waals surface area contributed by atoms with Crippen molar-refractivity contribution in [1.29, 1.82) is 0 Å². The summed E-state index contributed by atoms with van der Waals surface area (Å²) in [7, 11) is 0. The minimum Gasteiger partial charge on any atom is -0.459 e. The second kappa shape index (κ2) is 6.67. The largest absolute Gasteiger partial charge is 0.459 e. The highest BCUT2D eigenvalue weighted by Crippen LogP contribution is 2.31. The molecule has 2 aromatic rings. The molecule has 0 atom stereocenters. The number of rotatable bonds is 4. The molecular weight excluding hydrogens is 349 g/mol. The van der Waals surface area contributed by atoms with Gasteiger partial charge in [0.2, 0.25) is 0 Å². The molecule has 122 valence electrons. The maximum Gasteiger partial charge on any atom is 0.326 e. The Kier molecular flexibility index (Phi) is 4.60. The zero-order valence-corrected chi connectivity index (χ0v) is 14.1. The number of hydrogen-bond donors (Lipinski definition) is 0. The second-order valence-electron chi connectivity index (χ2n) is 5.28. The molecule has 24 heavy (non-hydrogen) atoms. The maximum atomic E-state index is 12.3. The molecule has 6 heteroatoms. The molecule has 0 bridgehead atoms. The first-order valence-electron chi connectivity index (χ1n) is 7.17. The summed E-state index contributed by atoms with van der Waals surface area (Å²) in [5, 5.41) is 0.927. The van der Waals surface area contributed by atoms with Gasteiger partial charge in [-0.05, 0) is 18.2 Å². The van der Waals surface area contributed by atoms with Crippen molar-refractivity contribution in [2.24, 2.45) is 0 Å². The lowest BCUT2D eigenvalue weighted by Crippen LogP contribution is -2.30. The minimum atomic E-state index is -0.539. The van der Waals surface area contributed by atoms with Crippen LogP contribution in [0, 0.1) is 0 Å². The van der Waals surface area contributed by atoms with Crippen molar-refractivity contribution in [3.05, 3.63) is 75.8 Å². The highest BCUT2D eigenvalue weighted by molar-refractivity contribution is 6.35. The van der Waals surface area contributed by atoms with Crippen molar-refractivity contribution in [3.8, 4) is 0 Å². The topological polar surface area (TPSA) is 46.6 Å². The predicted molar refractivity (Wildman–Crippen MR) is 92.8 cm³/mol. The van der Waals surface area contributed by atoms with Gasteiger partial charge in [-0.3, -0.25) is 14.5 Å². The Hall–Kier alpha value is -2.30. The number of fused-ring (bicyclic) bond motifs is 1. The number of amides is 1. The first kappa shape index (κ1) is 16.6. The number of carbonyl (C=O) groups is 2. The third-order valence-corrected chi connectivity index (χ3v) is 4.32. The molecule has 0 N–H and O–H groups in total. The van der Waals surface area contributed by atoms with Crippen molar-refractivity contribution in [2.75, 3.05) is 6.54 Å². The number of benzene rings is 2. The zero-order chi connectivity index (χ0) is 17.3. The molecule has 0 radical (unpaired) electrons. The molecule has 3 rings (SSSR count). The van der Waals surface area contributed by atoms with Gasteiger partial charge in [0.25, 0.3) is 5.91 Å². The molecule has 0 aliphatic carbocycles. The molecule has 0 aromatic heterocycles. The highest BCUT2D eigenvalue weighted by Gasteiger charge is 2.32. The lowest BCUT2D eigenvalue weighted by Gasteiger charge is -2.16. The first-order chi connectivity index (χ1) is 11.5. The Balaban J connectivity index is 1.64. The Morgan fingerprint density at radius 2 is 1.83 bits per heavy atom. The first-order valence-corrected chi connectivity index (χ1v) is 7.92. The molecule has 4 nitrogen and oxygen atoms in total. The molecule has 1 heterocycles. The standard InChI is InChI=1S/C18H13Cl2NO3/c1-11-14-4-2-3-5-15(14)18(23)21(11)9-17(22)24-10-12-6-7-13(19)8-16(12)20/h2-8H,1,9-10H2. The average Bonchev–Trinajstić information content (AvgIpc) is 2.79. The van der Waals surface area contributed by atoms with Gasteiger partial charge >= 0.3 is 5.97 Å². The predicted octanol–water partition coefficient (Wildman–Crippen LogP) is 4.16. The van der Waals surface area contributed by atoms with Crippen LogP contribution in [0.25, 0.3) is 5.70 Å². The fourth-order valence-electron chi connectivity index (χ4n) is 2.47. The van der Waals surface area contributed by atoms with Crippen LogP contribution in [0.15, 0.2) is 49.0 Å².